The van der Waals surface area contributed by atoms with Crippen LogP contribution in [0.15, 0.2) is 78.9 Å². The summed E-state index contributed by atoms with van der Waals surface area (Å²) in [6.45, 7) is 5.40. The van der Waals surface area contributed by atoms with Crippen LogP contribution in [0.3, 0.4) is 0 Å². The van der Waals surface area contributed by atoms with Crippen LogP contribution in [0, 0.1) is 6.92 Å². The lowest BCUT2D eigenvalue weighted by atomic mass is 10.0. The molecule has 0 bridgehead atoms. The van der Waals surface area contributed by atoms with E-state index in [1.54, 1.807) is 42.5 Å². The minimum Gasteiger partial charge on any atom is -0.352 e. The third-order valence-electron chi connectivity index (χ3n) is 6.52. The van der Waals surface area contributed by atoms with Gasteiger partial charge in [-0.3, -0.25) is 13.9 Å². The van der Waals surface area contributed by atoms with E-state index in [4.69, 9.17) is 11.6 Å². The van der Waals surface area contributed by atoms with Gasteiger partial charge in [0, 0.05) is 24.0 Å². The predicted molar refractivity (Wildman–Crippen MR) is 157 cm³/mol. The Morgan fingerprint density at radius 2 is 1.59 bits per heavy atom. The van der Waals surface area contributed by atoms with Gasteiger partial charge in [-0.05, 0) is 55.7 Å². The van der Waals surface area contributed by atoms with E-state index in [2.05, 4.69) is 5.32 Å². The molecule has 0 unspecified atom stereocenters. The summed E-state index contributed by atoms with van der Waals surface area (Å²) < 4.78 is 26.7. The Morgan fingerprint density at radius 1 is 0.949 bits per heavy atom. The van der Waals surface area contributed by atoms with Gasteiger partial charge in [0.25, 0.3) is 0 Å². The third kappa shape index (κ3) is 8.83. The van der Waals surface area contributed by atoms with Crippen LogP contribution >= 0.6 is 11.6 Å². The fourth-order valence-corrected chi connectivity index (χ4v) is 5.21. The van der Waals surface area contributed by atoms with Crippen molar-refractivity contribution in [3.63, 3.8) is 0 Å². The lowest BCUT2D eigenvalue weighted by Gasteiger charge is -2.34. The molecule has 3 rings (SSSR count). The van der Waals surface area contributed by atoms with E-state index >= 15 is 0 Å². The minimum absolute atomic E-state index is 0.0797. The molecule has 0 aliphatic heterocycles. The first-order chi connectivity index (χ1) is 18.5. The first-order valence-electron chi connectivity index (χ1n) is 12.9. The second kappa shape index (κ2) is 13.6. The number of benzene rings is 3. The van der Waals surface area contributed by atoms with Crippen molar-refractivity contribution in [1.29, 1.82) is 0 Å². The van der Waals surface area contributed by atoms with Crippen molar-refractivity contribution < 1.29 is 18.0 Å². The smallest absolute Gasteiger partial charge is 0.244 e. The number of rotatable bonds is 12. The number of hydrogen-bond acceptors (Lipinski definition) is 4. The van der Waals surface area contributed by atoms with E-state index in [0.29, 0.717) is 10.7 Å². The van der Waals surface area contributed by atoms with Crippen LogP contribution in [0.4, 0.5) is 5.69 Å². The highest BCUT2D eigenvalue weighted by Crippen LogP contribution is 2.22. The molecule has 0 aliphatic carbocycles. The van der Waals surface area contributed by atoms with Gasteiger partial charge in [0.1, 0.15) is 12.6 Å². The molecule has 0 radical (unpaired) electrons. The van der Waals surface area contributed by atoms with E-state index in [-0.39, 0.29) is 24.9 Å². The van der Waals surface area contributed by atoms with Crippen molar-refractivity contribution in [1.82, 2.24) is 10.2 Å². The summed E-state index contributed by atoms with van der Waals surface area (Å²) in [4.78, 5) is 29.1. The third-order valence-corrected chi connectivity index (χ3v) is 7.89. The van der Waals surface area contributed by atoms with Crippen molar-refractivity contribution >= 4 is 39.1 Å². The number of sulfonamides is 1. The number of nitrogens with one attached hydrogen (secondary N) is 1. The Hall–Kier alpha value is -3.36. The molecule has 0 spiro atoms. The van der Waals surface area contributed by atoms with Crippen LogP contribution in [0.25, 0.3) is 0 Å². The lowest BCUT2D eigenvalue weighted by Crippen LogP contribution is -2.54. The van der Waals surface area contributed by atoms with E-state index in [1.807, 2.05) is 57.2 Å². The summed E-state index contributed by atoms with van der Waals surface area (Å²) >= 11 is 6.23. The number of anilines is 1. The van der Waals surface area contributed by atoms with Crippen LogP contribution in [-0.4, -0.2) is 50.0 Å². The normalized spacial score (nSPS) is 12.8. The zero-order valence-electron chi connectivity index (χ0n) is 22.8. The second-order valence-corrected chi connectivity index (χ2v) is 12.1. The summed E-state index contributed by atoms with van der Waals surface area (Å²) in [5, 5.41) is 3.51. The highest BCUT2D eigenvalue weighted by Gasteiger charge is 2.33. The highest BCUT2D eigenvalue weighted by molar-refractivity contribution is 7.92. The zero-order valence-corrected chi connectivity index (χ0v) is 24.4. The van der Waals surface area contributed by atoms with Gasteiger partial charge in [-0.2, -0.15) is 0 Å². The maximum Gasteiger partial charge on any atom is 0.244 e. The first kappa shape index (κ1) is 30.2. The van der Waals surface area contributed by atoms with E-state index in [9.17, 15) is 18.0 Å². The Balaban J connectivity index is 2.05. The molecule has 208 valence electrons. The summed E-state index contributed by atoms with van der Waals surface area (Å²) in [6, 6.07) is 22.5. The Bertz CT molecular complexity index is 1360. The molecule has 1 N–H and O–H groups in total. The average molecular weight is 570 g/mol. The lowest BCUT2D eigenvalue weighted by molar-refractivity contribution is -0.140. The number of hydrogen-bond donors (Lipinski definition) is 1. The Morgan fingerprint density at radius 3 is 2.18 bits per heavy atom. The second-order valence-electron chi connectivity index (χ2n) is 9.78. The molecular formula is C30H36ClN3O4S. The largest absolute Gasteiger partial charge is 0.352 e. The maximum atomic E-state index is 14.0. The number of aryl methyl sites for hydroxylation is 1. The molecule has 3 aromatic carbocycles. The average Bonchev–Trinajstić information content (AvgIpc) is 2.89. The van der Waals surface area contributed by atoms with Gasteiger partial charge in [0.15, 0.2) is 0 Å². The van der Waals surface area contributed by atoms with Crippen LogP contribution in [0.2, 0.25) is 5.02 Å². The van der Waals surface area contributed by atoms with E-state index in [1.165, 1.54) is 4.90 Å². The van der Waals surface area contributed by atoms with Gasteiger partial charge in [-0.15, -0.1) is 0 Å². The predicted octanol–water partition coefficient (Wildman–Crippen LogP) is 4.97. The van der Waals surface area contributed by atoms with Gasteiger partial charge in [0.2, 0.25) is 21.8 Å². The van der Waals surface area contributed by atoms with Crippen LogP contribution in [0.5, 0.6) is 0 Å². The minimum atomic E-state index is -3.80. The Labute approximate surface area is 236 Å². The number of halogens is 1. The summed E-state index contributed by atoms with van der Waals surface area (Å²) in [7, 11) is -3.80. The number of amides is 2. The molecule has 0 saturated heterocycles. The monoisotopic (exact) mass is 569 g/mol. The molecule has 0 saturated carbocycles. The summed E-state index contributed by atoms with van der Waals surface area (Å²) in [5.41, 5.74) is 2.95. The van der Waals surface area contributed by atoms with Crippen LogP contribution < -0.4 is 9.62 Å². The maximum absolute atomic E-state index is 14.0. The van der Waals surface area contributed by atoms with Crippen LogP contribution in [0.1, 0.15) is 37.0 Å². The number of nitrogens with zero attached hydrogens (tertiary/aromatic N) is 2. The SMILES string of the molecule is CC[C@@H](C)NC(=O)[C@H](Cc1ccccc1)N(Cc1cccc(Cl)c1)C(=O)CN(c1ccc(C)cc1)S(C)(=O)=O. The molecule has 0 heterocycles. The molecule has 2 atom stereocenters. The molecule has 0 aliphatic rings. The fraction of sp³-hybridized carbons (Fsp3) is 0.333. The number of carbonyl (C=O) groups is 2. The van der Waals surface area contributed by atoms with Crippen molar-refractivity contribution in [2.45, 2.75) is 52.2 Å². The number of carbonyl (C=O) groups excluding carboxylic acids is 2. The van der Waals surface area contributed by atoms with Gasteiger partial charge >= 0.3 is 0 Å². The van der Waals surface area contributed by atoms with Gasteiger partial charge in [-0.1, -0.05) is 78.7 Å². The fourth-order valence-electron chi connectivity index (χ4n) is 4.15. The van der Waals surface area contributed by atoms with Crippen molar-refractivity contribution in [3.05, 3.63) is 101 Å². The molecule has 0 aromatic heterocycles. The molecule has 7 nitrogen and oxygen atoms in total. The molecular weight excluding hydrogens is 534 g/mol. The van der Waals surface area contributed by atoms with Crippen LogP contribution in [-0.2, 0) is 32.6 Å². The summed E-state index contributed by atoms with van der Waals surface area (Å²) in [5.74, 6) is -0.800. The van der Waals surface area contributed by atoms with E-state index < -0.39 is 28.5 Å². The van der Waals surface area contributed by atoms with Gasteiger partial charge in [-0.25, -0.2) is 8.42 Å². The van der Waals surface area contributed by atoms with Gasteiger partial charge in [0.05, 0.1) is 11.9 Å². The quantitative estimate of drug-likeness (QED) is 0.334. The summed E-state index contributed by atoms with van der Waals surface area (Å²) in [6.07, 6.45) is 2.05. The Kier molecular flexibility index (Phi) is 10.5. The molecule has 2 amide bonds. The van der Waals surface area contributed by atoms with Crippen molar-refractivity contribution in [3.8, 4) is 0 Å². The molecule has 39 heavy (non-hydrogen) atoms. The van der Waals surface area contributed by atoms with Gasteiger partial charge < -0.3 is 10.2 Å². The van der Waals surface area contributed by atoms with Crippen molar-refractivity contribution in [2.24, 2.45) is 0 Å². The zero-order chi connectivity index (χ0) is 28.6. The van der Waals surface area contributed by atoms with E-state index in [0.717, 1.165) is 33.7 Å². The molecule has 9 heteroatoms. The molecule has 3 aromatic rings. The standard InChI is InChI=1S/C30H36ClN3O4S/c1-5-23(3)32-30(36)28(19-24-10-7-6-8-11-24)33(20-25-12-9-13-26(31)18-25)29(35)21-34(39(4,37)38)27-16-14-22(2)15-17-27/h6-18,23,28H,5,19-21H2,1-4H3,(H,32,36)/t23-,28+/m1/s1. The molecule has 0 fully saturated rings. The first-order valence-corrected chi connectivity index (χ1v) is 15.1. The topological polar surface area (TPSA) is 86.8 Å². The van der Waals surface area contributed by atoms with Crippen molar-refractivity contribution in [2.75, 3.05) is 17.1 Å². The highest BCUT2D eigenvalue weighted by atomic mass is 35.5.